The van der Waals surface area contributed by atoms with Crippen LogP contribution < -0.4 is 5.32 Å². The molecule has 0 atom stereocenters. The van der Waals surface area contributed by atoms with Crippen LogP contribution in [0.25, 0.3) is 11.3 Å². The summed E-state index contributed by atoms with van der Waals surface area (Å²) in [6.07, 6.45) is 0. The normalized spacial score (nSPS) is 11.0. The van der Waals surface area contributed by atoms with Gasteiger partial charge in [-0.15, -0.1) is 0 Å². The Morgan fingerprint density at radius 2 is 1.92 bits per heavy atom. The van der Waals surface area contributed by atoms with E-state index in [0.29, 0.717) is 11.3 Å². The minimum Gasteiger partial charge on any atom is -0.349 e. The summed E-state index contributed by atoms with van der Waals surface area (Å²) < 4.78 is 1.77. The highest BCUT2D eigenvalue weighted by atomic mass is 16.2. The molecule has 1 N–H and O–H groups in total. The molecular formula is C19H24N4O. The fraction of sp³-hybridized carbons (Fsp3) is 0.421. The summed E-state index contributed by atoms with van der Waals surface area (Å²) in [7, 11) is 0. The Balaban J connectivity index is 2.59. The van der Waals surface area contributed by atoms with Crippen LogP contribution in [0.3, 0.4) is 0 Å². The highest BCUT2D eigenvalue weighted by molar-refractivity contribution is 5.96. The van der Waals surface area contributed by atoms with Gasteiger partial charge in [0.2, 0.25) is 0 Å². The first-order chi connectivity index (χ1) is 11.3. The zero-order valence-corrected chi connectivity index (χ0v) is 15.1. The third-order valence-corrected chi connectivity index (χ3v) is 3.89. The molecule has 2 aromatic rings. The van der Waals surface area contributed by atoms with Crippen LogP contribution in [0.5, 0.6) is 0 Å². The van der Waals surface area contributed by atoms with Gasteiger partial charge in [0.15, 0.2) is 0 Å². The van der Waals surface area contributed by atoms with Gasteiger partial charge in [-0.3, -0.25) is 9.48 Å². The van der Waals surface area contributed by atoms with E-state index < -0.39 is 0 Å². The van der Waals surface area contributed by atoms with E-state index in [4.69, 9.17) is 5.26 Å². The Morgan fingerprint density at radius 3 is 2.42 bits per heavy atom. The van der Waals surface area contributed by atoms with Crippen molar-refractivity contribution in [2.75, 3.05) is 0 Å². The molecular weight excluding hydrogens is 300 g/mol. The minimum atomic E-state index is -0.111. The van der Waals surface area contributed by atoms with Crippen LogP contribution in [0, 0.1) is 25.2 Å². The maximum atomic E-state index is 12.6. The summed E-state index contributed by atoms with van der Waals surface area (Å²) in [5, 5.41) is 16.7. The van der Waals surface area contributed by atoms with Crippen LogP contribution in [-0.4, -0.2) is 21.7 Å². The van der Waals surface area contributed by atoms with Crippen LogP contribution in [0.4, 0.5) is 0 Å². The van der Waals surface area contributed by atoms with Gasteiger partial charge >= 0.3 is 0 Å². The average molecular weight is 324 g/mol. The van der Waals surface area contributed by atoms with Crippen molar-refractivity contribution in [1.82, 2.24) is 15.1 Å². The van der Waals surface area contributed by atoms with E-state index in [9.17, 15) is 4.79 Å². The molecule has 0 saturated heterocycles. The lowest BCUT2D eigenvalue weighted by Gasteiger charge is -2.13. The van der Waals surface area contributed by atoms with E-state index in [2.05, 4.69) is 16.5 Å². The lowest BCUT2D eigenvalue weighted by Crippen LogP contribution is -2.32. The number of benzene rings is 1. The minimum absolute atomic E-state index is 0.0630. The predicted octanol–water partition coefficient (Wildman–Crippen LogP) is 3.76. The standard InChI is InChI=1S/C19H24N4O/c1-11(2)21-19(24)18-14(6)17(22-23(18)12(3)4)15-7-8-16(10-20)13(5)9-15/h7-9,11-12H,1-6H3,(H,21,24). The Morgan fingerprint density at radius 1 is 1.25 bits per heavy atom. The smallest absolute Gasteiger partial charge is 0.270 e. The Labute approximate surface area is 143 Å². The third-order valence-electron chi connectivity index (χ3n) is 3.89. The van der Waals surface area contributed by atoms with Crippen LogP contribution in [0.2, 0.25) is 0 Å². The maximum absolute atomic E-state index is 12.6. The van der Waals surface area contributed by atoms with Crippen LogP contribution in [-0.2, 0) is 0 Å². The molecule has 0 saturated carbocycles. The van der Waals surface area contributed by atoms with E-state index in [-0.39, 0.29) is 18.0 Å². The summed E-state index contributed by atoms with van der Waals surface area (Å²) in [4.78, 5) is 12.6. The topological polar surface area (TPSA) is 70.7 Å². The van der Waals surface area contributed by atoms with Gasteiger partial charge in [0.05, 0.1) is 17.3 Å². The number of hydrogen-bond acceptors (Lipinski definition) is 3. The van der Waals surface area contributed by atoms with Gasteiger partial charge < -0.3 is 5.32 Å². The first-order valence-electron chi connectivity index (χ1n) is 8.17. The molecule has 2 rings (SSSR count). The lowest BCUT2D eigenvalue weighted by molar-refractivity contribution is 0.0929. The maximum Gasteiger partial charge on any atom is 0.270 e. The van der Waals surface area contributed by atoms with Gasteiger partial charge in [0, 0.05) is 23.2 Å². The molecule has 0 aliphatic heterocycles. The lowest BCUT2D eigenvalue weighted by atomic mass is 10.0. The van der Waals surface area contributed by atoms with Crippen LogP contribution in [0.1, 0.15) is 60.9 Å². The molecule has 0 fully saturated rings. The van der Waals surface area contributed by atoms with Crippen LogP contribution >= 0.6 is 0 Å². The monoisotopic (exact) mass is 324 g/mol. The van der Waals surface area contributed by atoms with E-state index >= 15 is 0 Å². The highest BCUT2D eigenvalue weighted by Crippen LogP contribution is 2.28. The third kappa shape index (κ3) is 3.33. The molecule has 0 radical (unpaired) electrons. The molecule has 0 spiro atoms. The molecule has 1 aromatic heterocycles. The number of nitriles is 1. The van der Waals surface area contributed by atoms with E-state index in [1.807, 2.05) is 53.7 Å². The number of aromatic nitrogens is 2. The fourth-order valence-corrected chi connectivity index (χ4v) is 2.71. The molecule has 0 unspecified atom stereocenters. The molecule has 126 valence electrons. The van der Waals surface area contributed by atoms with Crippen molar-refractivity contribution in [3.8, 4) is 17.3 Å². The van der Waals surface area contributed by atoms with Gasteiger partial charge in [-0.1, -0.05) is 6.07 Å². The van der Waals surface area contributed by atoms with E-state index in [1.165, 1.54) is 0 Å². The van der Waals surface area contributed by atoms with Gasteiger partial charge in [0.25, 0.3) is 5.91 Å². The molecule has 1 amide bonds. The summed E-state index contributed by atoms with van der Waals surface area (Å²) in [6.45, 7) is 11.7. The second-order valence-electron chi connectivity index (χ2n) is 6.63. The quantitative estimate of drug-likeness (QED) is 0.931. The van der Waals surface area contributed by atoms with E-state index in [1.54, 1.807) is 10.7 Å². The van der Waals surface area contributed by atoms with Gasteiger partial charge in [-0.25, -0.2) is 0 Å². The number of hydrogen-bond donors (Lipinski definition) is 1. The fourth-order valence-electron chi connectivity index (χ4n) is 2.71. The second kappa shape index (κ2) is 6.88. The zero-order chi connectivity index (χ0) is 18.0. The molecule has 1 heterocycles. The highest BCUT2D eigenvalue weighted by Gasteiger charge is 2.23. The Kier molecular flexibility index (Phi) is 5.08. The number of nitrogens with one attached hydrogen (secondary N) is 1. The summed E-state index contributed by atoms with van der Waals surface area (Å²) >= 11 is 0. The van der Waals surface area contributed by atoms with Gasteiger partial charge in [0.1, 0.15) is 5.69 Å². The first kappa shape index (κ1) is 17.7. The number of amides is 1. The molecule has 5 nitrogen and oxygen atoms in total. The molecule has 1 aromatic carbocycles. The van der Waals surface area contributed by atoms with Crippen molar-refractivity contribution in [2.45, 2.75) is 53.6 Å². The second-order valence-corrected chi connectivity index (χ2v) is 6.63. The summed E-state index contributed by atoms with van der Waals surface area (Å²) in [6, 6.07) is 7.94. The summed E-state index contributed by atoms with van der Waals surface area (Å²) in [5.41, 5.74) is 4.70. The Hall–Kier alpha value is -2.61. The Bertz CT molecular complexity index is 810. The van der Waals surface area contributed by atoms with Gasteiger partial charge in [-0.2, -0.15) is 10.4 Å². The average Bonchev–Trinajstić information content (AvgIpc) is 2.84. The number of rotatable bonds is 4. The van der Waals surface area contributed by atoms with Crippen molar-refractivity contribution in [1.29, 1.82) is 5.26 Å². The van der Waals surface area contributed by atoms with Crippen molar-refractivity contribution < 1.29 is 4.79 Å². The zero-order valence-electron chi connectivity index (χ0n) is 15.1. The molecule has 0 aliphatic carbocycles. The summed E-state index contributed by atoms with van der Waals surface area (Å²) in [5.74, 6) is -0.111. The van der Waals surface area contributed by atoms with Crippen molar-refractivity contribution in [3.05, 3.63) is 40.6 Å². The molecule has 5 heteroatoms. The predicted molar refractivity (Wildman–Crippen MR) is 94.8 cm³/mol. The molecule has 0 bridgehead atoms. The number of aryl methyl sites for hydroxylation is 1. The van der Waals surface area contributed by atoms with Gasteiger partial charge in [-0.05, 0) is 59.2 Å². The number of carbonyl (C=O) groups is 1. The molecule has 24 heavy (non-hydrogen) atoms. The SMILES string of the molecule is Cc1cc(-c2nn(C(C)C)c(C(=O)NC(C)C)c2C)ccc1C#N. The molecule has 0 aliphatic rings. The van der Waals surface area contributed by atoms with E-state index in [0.717, 1.165) is 22.4 Å². The van der Waals surface area contributed by atoms with Crippen molar-refractivity contribution in [2.24, 2.45) is 0 Å². The van der Waals surface area contributed by atoms with Crippen molar-refractivity contribution in [3.63, 3.8) is 0 Å². The largest absolute Gasteiger partial charge is 0.349 e. The number of carbonyl (C=O) groups excluding carboxylic acids is 1. The first-order valence-corrected chi connectivity index (χ1v) is 8.17. The number of nitrogens with zero attached hydrogens (tertiary/aromatic N) is 3. The van der Waals surface area contributed by atoms with Crippen molar-refractivity contribution >= 4 is 5.91 Å². The van der Waals surface area contributed by atoms with Crippen LogP contribution in [0.15, 0.2) is 18.2 Å².